The summed E-state index contributed by atoms with van der Waals surface area (Å²) in [7, 11) is 0. The Balaban J connectivity index is 2.00. The lowest BCUT2D eigenvalue weighted by Gasteiger charge is -2.21. The monoisotopic (exact) mass is 263 g/mol. The van der Waals surface area contributed by atoms with Crippen LogP contribution in [0.1, 0.15) is 23.7 Å². The van der Waals surface area contributed by atoms with Crippen LogP contribution in [0, 0.1) is 5.82 Å². The highest BCUT2D eigenvalue weighted by Crippen LogP contribution is 2.22. The molecule has 0 bridgehead atoms. The van der Waals surface area contributed by atoms with Crippen molar-refractivity contribution in [1.29, 1.82) is 0 Å². The Bertz CT molecular complexity index is 499. The molecule has 1 aromatic carbocycles. The standard InChI is InChI=1S/C15H18FNO2/c16-12-4-1-3-11(9-12)14(10-17)15(18)7-6-13-5-2-8-19-13/h1-5,8-9,14-15,18H,6-7,10,17H2. The van der Waals surface area contributed by atoms with Gasteiger partial charge in [-0.25, -0.2) is 4.39 Å². The molecule has 0 aliphatic heterocycles. The van der Waals surface area contributed by atoms with Crippen LogP contribution in [0.15, 0.2) is 47.1 Å². The lowest BCUT2D eigenvalue weighted by molar-refractivity contribution is 0.134. The fraction of sp³-hybridized carbons (Fsp3) is 0.333. The first kappa shape index (κ1) is 13.8. The summed E-state index contributed by atoms with van der Waals surface area (Å²) in [6.45, 7) is 0.281. The van der Waals surface area contributed by atoms with Gasteiger partial charge in [0.15, 0.2) is 0 Å². The van der Waals surface area contributed by atoms with Crippen molar-refractivity contribution in [3.05, 3.63) is 59.8 Å². The third kappa shape index (κ3) is 3.66. The predicted molar refractivity (Wildman–Crippen MR) is 71.2 cm³/mol. The molecular weight excluding hydrogens is 245 g/mol. The highest BCUT2D eigenvalue weighted by Gasteiger charge is 2.20. The largest absolute Gasteiger partial charge is 0.469 e. The number of aliphatic hydroxyl groups is 1. The smallest absolute Gasteiger partial charge is 0.123 e. The van der Waals surface area contributed by atoms with E-state index in [1.807, 2.05) is 12.1 Å². The van der Waals surface area contributed by atoms with Gasteiger partial charge < -0.3 is 15.3 Å². The Morgan fingerprint density at radius 3 is 2.74 bits per heavy atom. The first-order valence-electron chi connectivity index (χ1n) is 6.36. The Morgan fingerprint density at radius 1 is 1.26 bits per heavy atom. The average Bonchev–Trinajstić information content (AvgIpc) is 2.90. The van der Waals surface area contributed by atoms with Gasteiger partial charge in [0.25, 0.3) is 0 Å². The number of aryl methyl sites for hydroxylation is 1. The molecule has 0 saturated heterocycles. The molecule has 102 valence electrons. The van der Waals surface area contributed by atoms with Crippen LogP contribution in [-0.4, -0.2) is 17.8 Å². The van der Waals surface area contributed by atoms with Crippen LogP contribution in [-0.2, 0) is 6.42 Å². The molecule has 1 heterocycles. The van der Waals surface area contributed by atoms with E-state index in [0.717, 1.165) is 11.3 Å². The van der Waals surface area contributed by atoms with Crippen LogP contribution < -0.4 is 5.73 Å². The van der Waals surface area contributed by atoms with Crippen LogP contribution >= 0.6 is 0 Å². The van der Waals surface area contributed by atoms with E-state index in [1.165, 1.54) is 12.1 Å². The third-order valence-corrected chi connectivity index (χ3v) is 3.26. The quantitative estimate of drug-likeness (QED) is 0.841. The van der Waals surface area contributed by atoms with Crippen molar-refractivity contribution in [3.63, 3.8) is 0 Å². The minimum atomic E-state index is -0.614. The van der Waals surface area contributed by atoms with E-state index in [2.05, 4.69) is 0 Å². The van der Waals surface area contributed by atoms with Crippen molar-refractivity contribution in [1.82, 2.24) is 0 Å². The normalized spacial score (nSPS) is 14.3. The summed E-state index contributed by atoms with van der Waals surface area (Å²) in [4.78, 5) is 0. The number of halogens is 1. The predicted octanol–water partition coefficient (Wildman–Crippen LogP) is 2.45. The zero-order valence-electron chi connectivity index (χ0n) is 10.6. The maximum absolute atomic E-state index is 13.2. The summed E-state index contributed by atoms with van der Waals surface area (Å²) < 4.78 is 18.4. The molecule has 0 radical (unpaired) electrons. The molecule has 4 heteroatoms. The Kier molecular flexibility index (Phi) is 4.71. The molecule has 2 atom stereocenters. The van der Waals surface area contributed by atoms with Gasteiger partial charge in [0, 0.05) is 18.9 Å². The lowest BCUT2D eigenvalue weighted by atomic mass is 9.90. The molecule has 2 rings (SSSR count). The van der Waals surface area contributed by atoms with Crippen molar-refractivity contribution in [3.8, 4) is 0 Å². The molecular formula is C15H18FNO2. The second-order valence-electron chi connectivity index (χ2n) is 4.58. The first-order valence-corrected chi connectivity index (χ1v) is 6.36. The second-order valence-corrected chi connectivity index (χ2v) is 4.58. The summed E-state index contributed by atoms with van der Waals surface area (Å²) in [5.74, 6) is 0.258. The number of rotatable bonds is 6. The lowest BCUT2D eigenvalue weighted by Crippen LogP contribution is -2.26. The Morgan fingerprint density at radius 2 is 2.11 bits per heavy atom. The van der Waals surface area contributed by atoms with Gasteiger partial charge in [0.1, 0.15) is 11.6 Å². The van der Waals surface area contributed by atoms with E-state index < -0.39 is 6.10 Å². The summed E-state index contributed by atoms with van der Waals surface area (Å²) in [6.07, 6.45) is 2.16. The molecule has 0 saturated carbocycles. The molecule has 19 heavy (non-hydrogen) atoms. The number of aliphatic hydroxyl groups excluding tert-OH is 1. The summed E-state index contributed by atoms with van der Waals surface area (Å²) in [5, 5.41) is 10.2. The van der Waals surface area contributed by atoms with Gasteiger partial charge in [-0.15, -0.1) is 0 Å². The summed E-state index contributed by atoms with van der Waals surface area (Å²) in [5.41, 5.74) is 6.43. The number of nitrogens with two attached hydrogens (primary N) is 1. The minimum absolute atomic E-state index is 0.259. The fourth-order valence-corrected chi connectivity index (χ4v) is 2.20. The van der Waals surface area contributed by atoms with E-state index >= 15 is 0 Å². The van der Waals surface area contributed by atoms with E-state index in [-0.39, 0.29) is 18.3 Å². The molecule has 2 unspecified atom stereocenters. The molecule has 0 spiro atoms. The van der Waals surface area contributed by atoms with Crippen molar-refractivity contribution in [2.75, 3.05) is 6.54 Å². The number of hydrogen-bond donors (Lipinski definition) is 2. The van der Waals surface area contributed by atoms with Gasteiger partial charge >= 0.3 is 0 Å². The maximum atomic E-state index is 13.2. The van der Waals surface area contributed by atoms with Crippen LogP contribution in [0.25, 0.3) is 0 Å². The molecule has 3 N–H and O–H groups in total. The summed E-state index contributed by atoms with van der Waals surface area (Å²) >= 11 is 0. The van der Waals surface area contributed by atoms with Crippen LogP contribution in [0.3, 0.4) is 0 Å². The van der Waals surface area contributed by atoms with Crippen molar-refractivity contribution in [2.24, 2.45) is 5.73 Å². The van der Waals surface area contributed by atoms with E-state index in [0.29, 0.717) is 12.8 Å². The van der Waals surface area contributed by atoms with Crippen molar-refractivity contribution in [2.45, 2.75) is 24.9 Å². The molecule has 0 fully saturated rings. The maximum Gasteiger partial charge on any atom is 0.123 e. The van der Waals surface area contributed by atoms with E-state index in [1.54, 1.807) is 18.4 Å². The van der Waals surface area contributed by atoms with Crippen LogP contribution in [0.2, 0.25) is 0 Å². The van der Waals surface area contributed by atoms with Gasteiger partial charge in [-0.1, -0.05) is 12.1 Å². The Hall–Kier alpha value is -1.65. The van der Waals surface area contributed by atoms with Gasteiger partial charge in [-0.2, -0.15) is 0 Å². The molecule has 0 amide bonds. The zero-order valence-corrected chi connectivity index (χ0v) is 10.6. The Labute approximate surface area is 111 Å². The first-order chi connectivity index (χ1) is 9.20. The minimum Gasteiger partial charge on any atom is -0.469 e. The number of hydrogen-bond acceptors (Lipinski definition) is 3. The number of benzene rings is 1. The SMILES string of the molecule is NCC(c1cccc(F)c1)C(O)CCc1ccco1. The number of furan rings is 1. The van der Waals surface area contributed by atoms with E-state index in [4.69, 9.17) is 10.2 Å². The molecule has 3 nitrogen and oxygen atoms in total. The van der Waals surface area contributed by atoms with Gasteiger partial charge in [-0.05, 0) is 36.2 Å². The average molecular weight is 263 g/mol. The molecule has 1 aromatic heterocycles. The van der Waals surface area contributed by atoms with Crippen molar-refractivity contribution >= 4 is 0 Å². The van der Waals surface area contributed by atoms with E-state index in [9.17, 15) is 9.50 Å². The van der Waals surface area contributed by atoms with Crippen molar-refractivity contribution < 1.29 is 13.9 Å². The molecule has 0 aliphatic carbocycles. The summed E-state index contributed by atoms with van der Waals surface area (Å²) in [6, 6.07) is 9.91. The van der Waals surface area contributed by atoms with Gasteiger partial charge in [0.05, 0.1) is 12.4 Å². The highest BCUT2D eigenvalue weighted by atomic mass is 19.1. The third-order valence-electron chi connectivity index (χ3n) is 3.26. The highest BCUT2D eigenvalue weighted by molar-refractivity contribution is 5.22. The zero-order chi connectivity index (χ0) is 13.7. The second kappa shape index (κ2) is 6.50. The van der Waals surface area contributed by atoms with Crippen LogP contribution in [0.5, 0.6) is 0 Å². The molecule has 0 aliphatic rings. The van der Waals surface area contributed by atoms with Gasteiger partial charge in [0.2, 0.25) is 0 Å². The fourth-order valence-electron chi connectivity index (χ4n) is 2.20. The van der Waals surface area contributed by atoms with Crippen LogP contribution in [0.4, 0.5) is 4.39 Å². The van der Waals surface area contributed by atoms with Gasteiger partial charge in [-0.3, -0.25) is 0 Å². The molecule has 2 aromatic rings. The topological polar surface area (TPSA) is 59.4 Å².